The highest BCUT2D eigenvalue weighted by atomic mass is 16.1. The van der Waals surface area contributed by atoms with Crippen LogP contribution in [0.25, 0.3) is 0 Å². The van der Waals surface area contributed by atoms with Gasteiger partial charge in [0.1, 0.15) is 0 Å². The van der Waals surface area contributed by atoms with Crippen molar-refractivity contribution in [2.75, 3.05) is 24.1 Å². The lowest BCUT2D eigenvalue weighted by Gasteiger charge is -2.08. The Bertz CT molecular complexity index is 602. The van der Waals surface area contributed by atoms with Crippen LogP contribution in [0.5, 0.6) is 0 Å². The maximum Gasteiger partial charge on any atom is 0.254 e. The van der Waals surface area contributed by atoms with Gasteiger partial charge in [-0.2, -0.15) is 0 Å². The van der Waals surface area contributed by atoms with E-state index in [1.54, 1.807) is 19.3 Å². The molecule has 0 aliphatic carbocycles. The summed E-state index contributed by atoms with van der Waals surface area (Å²) in [6.07, 6.45) is 5.73. The fourth-order valence-corrected chi connectivity index (χ4v) is 1.79. The Morgan fingerprint density at radius 3 is 2.90 bits per heavy atom. The molecule has 2 heterocycles. The summed E-state index contributed by atoms with van der Waals surface area (Å²) in [5.74, 6) is -0.0152. The van der Waals surface area contributed by atoms with E-state index in [1.165, 1.54) is 6.20 Å². The van der Waals surface area contributed by atoms with Crippen LogP contribution in [0.3, 0.4) is 0 Å². The van der Waals surface area contributed by atoms with E-state index in [-0.39, 0.29) is 11.9 Å². The maximum atomic E-state index is 11.9. The predicted octanol–water partition coefficient (Wildman–Crippen LogP) is 0.994. The van der Waals surface area contributed by atoms with Gasteiger partial charge in [0, 0.05) is 31.7 Å². The van der Waals surface area contributed by atoms with Crippen LogP contribution in [0.4, 0.5) is 11.6 Å². The highest BCUT2D eigenvalue weighted by molar-refractivity contribution is 5.94. The predicted molar refractivity (Wildman–Crippen MR) is 80.9 cm³/mol. The van der Waals surface area contributed by atoms with Gasteiger partial charge in [-0.3, -0.25) is 9.78 Å². The molecule has 0 bridgehead atoms. The number of carbonyl (C=O) groups is 1. The van der Waals surface area contributed by atoms with Gasteiger partial charge in [0.05, 0.1) is 16.9 Å². The summed E-state index contributed by atoms with van der Waals surface area (Å²) < 4.78 is 0. The molecule has 4 N–H and O–H groups in total. The molecule has 0 radical (unpaired) electrons. The molecule has 0 spiro atoms. The molecule has 2 rings (SSSR count). The summed E-state index contributed by atoms with van der Waals surface area (Å²) in [5.41, 5.74) is 7.45. The van der Waals surface area contributed by atoms with Crippen LogP contribution < -0.4 is 16.4 Å². The van der Waals surface area contributed by atoms with Crippen molar-refractivity contribution in [3.05, 3.63) is 42.0 Å². The molecule has 0 saturated heterocycles. The third-order valence-corrected chi connectivity index (χ3v) is 2.87. The molecular formula is C14H18N6O. The van der Waals surface area contributed by atoms with Crippen molar-refractivity contribution >= 4 is 17.5 Å². The molecule has 0 aliphatic heterocycles. The number of aryl methyl sites for hydroxylation is 1. The van der Waals surface area contributed by atoms with Crippen LogP contribution in [-0.2, 0) is 0 Å². The number of amides is 1. The normalized spacial score (nSPS) is 10.1. The Kier molecular flexibility index (Phi) is 5.03. The van der Waals surface area contributed by atoms with Gasteiger partial charge in [-0.05, 0) is 25.5 Å². The van der Waals surface area contributed by atoms with Crippen LogP contribution in [0, 0.1) is 6.92 Å². The summed E-state index contributed by atoms with van der Waals surface area (Å²) in [4.78, 5) is 23.8. The largest absolute Gasteiger partial charge is 0.384 e. The van der Waals surface area contributed by atoms with E-state index in [0.717, 1.165) is 18.7 Å². The lowest BCUT2D eigenvalue weighted by molar-refractivity contribution is 0.0952. The lowest BCUT2D eigenvalue weighted by Crippen LogP contribution is -2.27. The van der Waals surface area contributed by atoms with Gasteiger partial charge in [0.15, 0.2) is 0 Å². The minimum absolute atomic E-state index is 0.171. The molecular weight excluding hydrogens is 268 g/mol. The first-order valence-corrected chi connectivity index (χ1v) is 6.68. The highest BCUT2D eigenvalue weighted by Gasteiger charge is 2.10. The number of hydrogen-bond donors (Lipinski definition) is 3. The van der Waals surface area contributed by atoms with Crippen LogP contribution in [0.1, 0.15) is 22.5 Å². The summed E-state index contributed by atoms with van der Waals surface area (Å²) in [7, 11) is 0. The third-order valence-electron chi connectivity index (χ3n) is 2.87. The Morgan fingerprint density at radius 1 is 1.33 bits per heavy atom. The average Bonchev–Trinajstić information content (AvgIpc) is 2.47. The number of carbonyl (C=O) groups excluding carboxylic acids is 1. The second-order valence-electron chi connectivity index (χ2n) is 4.51. The Labute approximate surface area is 123 Å². The number of nitrogen functional groups attached to an aromatic ring is 1. The first kappa shape index (κ1) is 14.7. The topological polar surface area (TPSA) is 106 Å². The van der Waals surface area contributed by atoms with Crippen molar-refractivity contribution in [1.82, 2.24) is 20.3 Å². The lowest BCUT2D eigenvalue weighted by atomic mass is 10.2. The Hall–Kier alpha value is -2.70. The molecule has 2 aromatic heterocycles. The number of nitrogens with two attached hydrogens (primary N) is 1. The van der Waals surface area contributed by atoms with E-state index < -0.39 is 0 Å². The molecule has 0 aliphatic rings. The maximum absolute atomic E-state index is 11.9. The molecule has 0 fully saturated rings. The minimum atomic E-state index is -0.186. The number of rotatable bonds is 6. The van der Waals surface area contributed by atoms with Crippen molar-refractivity contribution in [2.24, 2.45) is 0 Å². The second kappa shape index (κ2) is 7.18. The van der Waals surface area contributed by atoms with Gasteiger partial charge in [0.2, 0.25) is 5.95 Å². The fourth-order valence-electron chi connectivity index (χ4n) is 1.79. The zero-order valence-electron chi connectivity index (χ0n) is 11.8. The number of nitrogens with one attached hydrogen (secondary N) is 2. The zero-order chi connectivity index (χ0) is 15.1. The number of hydrogen-bond acceptors (Lipinski definition) is 6. The SMILES string of the molecule is Cc1nc(N)ncc1C(=O)NCCCNc1cccnc1. The minimum Gasteiger partial charge on any atom is -0.384 e. The van der Waals surface area contributed by atoms with Gasteiger partial charge in [-0.15, -0.1) is 0 Å². The quantitative estimate of drug-likeness (QED) is 0.684. The molecule has 21 heavy (non-hydrogen) atoms. The zero-order valence-corrected chi connectivity index (χ0v) is 11.8. The molecule has 110 valence electrons. The van der Waals surface area contributed by atoms with Crippen LogP contribution in [0.15, 0.2) is 30.7 Å². The molecule has 7 heteroatoms. The van der Waals surface area contributed by atoms with Crippen molar-refractivity contribution in [1.29, 1.82) is 0 Å². The van der Waals surface area contributed by atoms with Crippen LogP contribution in [0.2, 0.25) is 0 Å². The monoisotopic (exact) mass is 286 g/mol. The number of aromatic nitrogens is 3. The number of nitrogens with zero attached hydrogens (tertiary/aromatic N) is 3. The molecule has 0 unspecified atom stereocenters. The molecule has 0 atom stereocenters. The van der Waals surface area contributed by atoms with Gasteiger partial charge < -0.3 is 16.4 Å². The number of pyridine rings is 1. The fraction of sp³-hybridized carbons (Fsp3) is 0.286. The molecule has 7 nitrogen and oxygen atoms in total. The van der Waals surface area contributed by atoms with Crippen LogP contribution >= 0.6 is 0 Å². The van der Waals surface area contributed by atoms with Gasteiger partial charge in [0.25, 0.3) is 5.91 Å². The van der Waals surface area contributed by atoms with E-state index in [2.05, 4.69) is 25.6 Å². The number of anilines is 2. The third kappa shape index (κ3) is 4.41. The summed E-state index contributed by atoms with van der Waals surface area (Å²) in [6.45, 7) is 3.05. The molecule has 1 amide bonds. The molecule has 0 aromatic carbocycles. The van der Waals surface area contributed by atoms with Crippen molar-refractivity contribution in [2.45, 2.75) is 13.3 Å². The van der Waals surface area contributed by atoms with Gasteiger partial charge in [-0.25, -0.2) is 9.97 Å². The summed E-state index contributed by atoms with van der Waals surface area (Å²) >= 11 is 0. The van der Waals surface area contributed by atoms with Crippen molar-refractivity contribution < 1.29 is 4.79 Å². The molecule has 0 saturated carbocycles. The first-order chi connectivity index (χ1) is 10.2. The Morgan fingerprint density at radius 2 is 2.19 bits per heavy atom. The van der Waals surface area contributed by atoms with Crippen molar-refractivity contribution in [3.8, 4) is 0 Å². The van der Waals surface area contributed by atoms with Crippen molar-refractivity contribution in [3.63, 3.8) is 0 Å². The highest BCUT2D eigenvalue weighted by Crippen LogP contribution is 2.05. The van der Waals surface area contributed by atoms with Gasteiger partial charge in [-0.1, -0.05) is 0 Å². The first-order valence-electron chi connectivity index (χ1n) is 6.68. The van der Waals surface area contributed by atoms with E-state index >= 15 is 0 Å². The average molecular weight is 286 g/mol. The summed E-state index contributed by atoms with van der Waals surface area (Å²) in [6, 6.07) is 3.81. The van der Waals surface area contributed by atoms with E-state index in [0.29, 0.717) is 17.8 Å². The van der Waals surface area contributed by atoms with E-state index in [4.69, 9.17) is 5.73 Å². The van der Waals surface area contributed by atoms with E-state index in [1.807, 2.05) is 12.1 Å². The Balaban J connectivity index is 1.72. The summed E-state index contributed by atoms with van der Waals surface area (Å²) in [5, 5.41) is 6.05. The van der Waals surface area contributed by atoms with Gasteiger partial charge >= 0.3 is 0 Å². The van der Waals surface area contributed by atoms with Crippen LogP contribution in [-0.4, -0.2) is 33.9 Å². The second-order valence-corrected chi connectivity index (χ2v) is 4.51. The molecule has 2 aromatic rings. The standard InChI is InChI=1S/C14H18N6O/c1-10-12(9-19-14(15)20-10)13(21)18-7-3-6-17-11-4-2-5-16-8-11/h2,4-5,8-9,17H,3,6-7H2,1H3,(H,18,21)(H2,15,19,20). The van der Waals surface area contributed by atoms with E-state index in [9.17, 15) is 4.79 Å². The smallest absolute Gasteiger partial charge is 0.254 e.